The SMILES string of the molecule is Cc1cc2c(O)c(c1)Cc1cc(S(=O)(=O)O)cc(c1O)Cc1cc(S(=O)(=O)O)cc(c1O)Cc1cc(S(=O)(=O)O)cc(c1O)C2. The Kier molecular flexibility index (Phi) is 7.88. The summed E-state index contributed by atoms with van der Waals surface area (Å²) >= 11 is 0. The number of aromatic hydroxyl groups is 4. The summed E-state index contributed by atoms with van der Waals surface area (Å²) in [4.78, 5) is -2.00. The smallest absolute Gasteiger partial charge is 0.294 e. The molecule has 238 valence electrons. The fourth-order valence-corrected chi connectivity index (χ4v) is 7.21. The van der Waals surface area contributed by atoms with Crippen molar-refractivity contribution in [3.8, 4) is 23.0 Å². The molecule has 0 saturated carbocycles. The second-order valence-corrected chi connectivity index (χ2v) is 15.1. The van der Waals surface area contributed by atoms with Gasteiger partial charge < -0.3 is 20.4 Å². The van der Waals surface area contributed by atoms with Crippen molar-refractivity contribution in [2.75, 3.05) is 0 Å². The molecular weight excluding hydrogens is 653 g/mol. The van der Waals surface area contributed by atoms with Crippen LogP contribution in [0.5, 0.6) is 23.0 Å². The third-order valence-corrected chi connectivity index (χ3v) is 10.0. The monoisotopic (exact) mass is 678 g/mol. The molecule has 0 radical (unpaired) electrons. The Hall–Kier alpha value is -4.19. The number of phenols is 4. The first-order chi connectivity index (χ1) is 20.7. The molecule has 5 rings (SSSR count). The van der Waals surface area contributed by atoms with Crippen molar-refractivity contribution < 1.29 is 59.3 Å². The van der Waals surface area contributed by atoms with Gasteiger partial charge in [0, 0.05) is 59.1 Å². The molecule has 8 bridgehead atoms. The minimum absolute atomic E-state index is 0.0804. The van der Waals surface area contributed by atoms with Gasteiger partial charge in [0.1, 0.15) is 23.0 Å². The Morgan fingerprint density at radius 1 is 0.400 bits per heavy atom. The lowest BCUT2D eigenvalue weighted by Gasteiger charge is -2.19. The second-order valence-electron chi connectivity index (χ2n) is 10.8. The molecule has 4 aromatic carbocycles. The largest absolute Gasteiger partial charge is 0.507 e. The Labute approximate surface area is 257 Å². The molecule has 7 N–H and O–H groups in total. The Balaban J connectivity index is 1.89. The van der Waals surface area contributed by atoms with Crippen LogP contribution in [-0.4, -0.2) is 59.3 Å². The van der Waals surface area contributed by atoms with Crippen molar-refractivity contribution in [1.82, 2.24) is 0 Å². The maximum atomic E-state index is 12.2. The van der Waals surface area contributed by atoms with E-state index in [1.807, 2.05) is 0 Å². The third-order valence-electron chi connectivity index (χ3n) is 7.55. The molecular formula is C29H26O13S3. The molecule has 0 amide bonds. The lowest BCUT2D eigenvalue weighted by molar-refractivity contribution is 0.449. The van der Waals surface area contributed by atoms with Crippen LogP contribution in [-0.2, 0) is 56.0 Å². The van der Waals surface area contributed by atoms with Gasteiger partial charge in [-0.1, -0.05) is 17.7 Å². The zero-order chi connectivity index (χ0) is 33.2. The zero-order valence-corrected chi connectivity index (χ0v) is 25.7. The average molecular weight is 679 g/mol. The number of rotatable bonds is 3. The van der Waals surface area contributed by atoms with E-state index in [4.69, 9.17) is 0 Å². The van der Waals surface area contributed by atoms with Crippen LogP contribution in [0.1, 0.15) is 50.1 Å². The van der Waals surface area contributed by atoms with Crippen LogP contribution < -0.4 is 0 Å². The molecule has 0 fully saturated rings. The lowest BCUT2D eigenvalue weighted by Crippen LogP contribution is -2.07. The van der Waals surface area contributed by atoms with Crippen LogP contribution in [0, 0.1) is 6.92 Å². The van der Waals surface area contributed by atoms with E-state index in [1.165, 1.54) is 12.1 Å². The van der Waals surface area contributed by atoms with E-state index < -0.39 is 75.1 Å². The maximum Gasteiger partial charge on any atom is 0.294 e. The number of benzene rings is 4. The second kappa shape index (κ2) is 11.0. The van der Waals surface area contributed by atoms with Crippen molar-refractivity contribution >= 4 is 30.4 Å². The Morgan fingerprint density at radius 2 is 0.578 bits per heavy atom. The van der Waals surface area contributed by atoms with E-state index in [0.717, 1.165) is 36.4 Å². The summed E-state index contributed by atoms with van der Waals surface area (Å²) in [6.07, 6.45) is -1.68. The highest BCUT2D eigenvalue weighted by Crippen LogP contribution is 2.40. The van der Waals surface area contributed by atoms with Gasteiger partial charge in [-0.25, -0.2) is 0 Å². The molecule has 1 aliphatic rings. The van der Waals surface area contributed by atoms with Crippen molar-refractivity contribution in [1.29, 1.82) is 0 Å². The minimum Gasteiger partial charge on any atom is -0.507 e. The van der Waals surface area contributed by atoms with Crippen molar-refractivity contribution in [2.24, 2.45) is 0 Å². The third kappa shape index (κ3) is 6.47. The van der Waals surface area contributed by atoms with E-state index in [1.54, 1.807) is 6.92 Å². The van der Waals surface area contributed by atoms with Crippen LogP contribution in [0.3, 0.4) is 0 Å². The Bertz CT molecular complexity index is 2100. The number of fused-ring (bicyclic) bond motifs is 8. The summed E-state index contributed by atoms with van der Waals surface area (Å²) < 4.78 is 103. The van der Waals surface area contributed by atoms with Gasteiger partial charge in [0.2, 0.25) is 0 Å². The average Bonchev–Trinajstić information content (AvgIpc) is 2.90. The first kappa shape index (κ1) is 32.2. The normalized spacial score (nSPS) is 13.9. The highest BCUT2D eigenvalue weighted by Gasteiger charge is 2.25. The fraction of sp³-hybridized carbons (Fsp3) is 0.172. The fourth-order valence-electron chi connectivity index (χ4n) is 5.46. The van der Waals surface area contributed by atoms with Gasteiger partial charge in [-0.2, -0.15) is 25.3 Å². The van der Waals surface area contributed by atoms with Crippen LogP contribution >= 0.6 is 0 Å². The Morgan fingerprint density at radius 3 is 0.756 bits per heavy atom. The van der Waals surface area contributed by atoms with Crippen molar-refractivity contribution in [3.63, 3.8) is 0 Å². The topological polar surface area (TPSA) is 244 Å². The van der Waals surface area contributed by atoms with Crippen LogP contribution in [0.2, 0.25) is 0 Å². The van der Waals surface area contributed by atoms with E-state index in [-0.39, 0.29) is 63.1 Å². The molecule has 45 heavy (non-hydrogen) atoms. The molecule has 16 heteroatoms. The van der Waals surface area contributed by atoms with E-state index in [9.17, 15) is 59.3 Å². The molecule has 1 aliphatic carbocycles. The van der Waals surface area contributed by atoms with Gasteiger partial charge in [-0.05, 0) is 54.4 Å². The van der Waals surface area contributed by atoms with E-state index in [2.05, 4.69) is 0 Å². The van der Waals surface area contributed by atoms with Gasteiger partial charge in [0.05, 0.1) is 14.7 Å². The van der Waals surface area contributed by atoms with Gasteiger partial charge >= 0.3 is 0 Å². The highest BCUT2D eigenvalue weighted by atomic mass is 32.2. The van der Waals surface area contributed by atoms with E-state index >= 15 is 0 Å². The molecule has 0 aromatic heterocycles. The molecule has 0 atom stereocenters. The molecule has 0 unspecified atom stereocenters. The quantitative estimate of drug-likeness (QED) is 0.136. The van der Waals surface area contributed by atoms with Gasteiger partial charge in [-0.3, -0.25) is 13.7 Å². The number of phenolic OH excluding ortho intramolecular Hbond substituents is 4. The molecule has 0 spiro atoms. The number of hydrogen-bond donors (Lipinski definition) is 7. The summed E-state index contributed by atoms with van der Waals surface area (Å²) in [5.41, 5.74) is -0.0810. The van der Waals surface area contributed by atoms with Gasteiger partial charge in [-0.15, -0.1) is 0 Å². The minimum atomic E-state index is -4.93. The van der Waals surface area contributed by atoms with Gasteiger partial charge in [0.15, 0.2) is 0 Å². The molecule has 0 saturated heterocycles. The summed E-state index contributed by atoms with van der Waals surface area (Å²) in [5, 5.41) is 44.9. The number of hydrogen-bond acceptors (Lipinski definition) is 10. The first-order valence-electron chi connectivity index (χ1n) is 13.0. The van der Waals surface area contributed by atoms with Crippen molar-refractivity contribution in [2.45, 2.75) is 47.3 Å². The maximum absolute atomic E-state index is 12.2. The summed E-state index contributed by atoms with van der Waals surface area (Å²) in [5.74, 6) is -1.92. The summed E-state index contributed by atoms with van der Waals surface area (Å²) in [7, 11) is -14.6. The molecule has 13 nitrogen and oxygen atoms in total. The molecule has 0 heterocycles. The lowest BCUT2D eigenvalue weighted by atomic mass is 9.90. The number of aryl methyl sites for hydroxylation is 1. The predicted molar refractivity (Wildman–Crippen MR) is 158 cm³/mol. The predicted octanol–water partition coefficient (Wildman–Crippen LogP) is 3.23. The van der Waals surface area contributed by atoms with Crippen LogP contribution in [0.25, 0.3) is 0 Å². The summed E-state index contributed by atoms with van der Waals surface area (Å²) in [6.45, 7) is 1.67. The standard InChI is InChI=1S/C29H26O13S3/c1-14-2-15-4-17-8-23(43(34,35)36)10-19(27(17)31)6-21-12-25(45(40,41)42)13-22(29(21)33)7-20-11-24(44(37,38)39)9-18(28(20)32)5-16(3-14)26(15)30/h2-3,8-13,30-33H,4-7H2,1H3,(H,34,35,36)(H,37,38,39)(H,40,41,42). The van der Waals surface area contributed by atoms with Crippen molar-refractivity contribution in [3.05, 3.63) is 98.6 Å². The first-order valence-corrected chi connectivity index (χ1v) is 17.3. The zero-order valence-electron chi connectivity index (χ0n) is 23.3. The van der Waals surface area contributed by atoms with Crippen LogP contribution in [0.15, 0.2) is 63.2 Å². The van der Waals surface area contributed by atoms with E-state index in [0.29, 0.717) is 5.56 Å². The molecule has 0 aliphatic heterocycles. The summed E-state index contributed by atoms with van der Waals surface area (Å²) in [6, 6.07) is 8.59. The van der Waals surface area contributed by atoms with Crippen LogP contribution in [0.4, 0.5) is 0 Å². The highest BCUT2D eigenvalue weighted by molar-refractivity contribution is 7.86. The molecule has 4 aromatic rings. The van der Waals surface area contributed by atoms with Gasteiger partial charge in [0.25, 0.3) is 30.4 Å².